The molecule has 0 radical (unpaired) electrons. The second-order valence-electron chi connectivity index (χ2n) is 5.00. The largest absolute Gasteiger partial charge is 0.384 e. The van der Waals surface area contributed by atoms with E-state index in [9.17, 15) is 4.79 Å². The number of carbonyl (C=O) groups excluding carboxylic acids is 1. The number of nitrogens with zero attached hydrogens (tertiary/aromatic N) is 2. The number of hydrogen-bond donors (Lipinski definition) is 2. The normalized spacial score (nSPS) is 12.9. The summed E-state index contributed by atoms with van der Waals surface area (Å²) in [6.45, 7) is 2.99. The molecule has 2 heterocycles. The molecule has 104 valence electrons. The summed E-state index contributed by atoms with van der Waals surface area (Å²) in [5.41, 5.74) is 4.76. The van der Waals surface area contributed by atoms with Crippen molar-refractivity contribution < 1.29 is 4.79 Å². The maximum atomic E-state index is 12.3. The van der Waals surface area contributed by atoms with E-state index in [4.69, 9.17) is 0 Å². The second kappa shape index (κ2) is 5.00. The zero-order valence-electron chi connectivity index (χ0n) is 11.7. The maximum absolute atomic E-state index is 12.3. The molecule has 20 heavy (non-hydrogen) atoms. The van der Waals surface area contributed by atoms with Gasteiger partial charge in [0.25, 0.3) is 5.91 Å². The highest BCUT2D eigenvalue weighted by Gasteiger charge is 2.15. The summed E-state index contributed by atoms with van der Waals surface area (Å²) in [6.07, 6.45) is 1.83. The minimum absolute atomic E-state index is 0.120. The Morgan fingerprint density at radius 3 is 3.05 bits per heavy atom. The Morgan fingerprint density at radius 2 is 2.30 bits per heavy atom. The molecule has 0 bridgehead atoms. The van der Waals surface area contributed by atoms with Crippen LogP contribution in [0.1, 0.15) is 28.7 Å². The average molecular weight is 270 g/mol. The number of amides is 1. The molecule has 1 aromatic heterocycles. The van der Waals surface area contributed by atoms with Gasteiger partial charge in [-0.25, -0.2) is 0 Å². The molecule has 0 fully saturated rings. The van der Waals surface area contributed by atoms with Crippen LogP contribution in [0, 0.1) is 0 Å². The quantitative estimate of drug-likeness (QED) is 0.899. The summed E-state index contributed by atoms with van der Waals surface area (Å²) in [5, 5.41) is 10.5. The lowest BCUT2D eigenvalue weighted by Crippen LogP contribution is -2.16. The SMILES string of the molecule is CCc1cc(C(=O)Nc2ccc3c(c2)CCN3)n(C)n1. The van der Waals surface area contributed by atoms with E-state index in [1.165, 1.54) is 5.56 Å². The number of nitrogens with one attached hydrogen (secondary N) is 2. The third-order valence-electron chi connectivity index (χ3n) is 3.60. The number of rotatable bonds is 3. The van der Waals surface area contributed by atoms with Gasteiger partial charge < -0.3 is 10.6 Å². The van der Waals surface area contributed by atoms with Crippen molar-refractivity contribution in [2.24, 2.45) is 7.05 Å². The topological polar surface area (TPSA) is 59.0 Å². The van der Waals surface area contributed by atoms with E-state index in [-0.39, 0.29) is 5.91 Å². The van der Waals surface area contributed by atoms with Gasteiger partial charge in [-0.2, -0.15) is 5.10 Å². The molecule has 0 saturated carbocycles. The molecular weight excluding hydrogens is 252 g/mol. The van der Waals surface area contributed by atoms with Gasteiger partial charge in [-0.15, -0.1) is 0 Å². The van der Waals surface area contributed by atoms with E-state index in [1.807, 2.05) is 31.2 Å². The van der Waals surface area contributed by atoms with Gasteiger partial charge in [-0.3, -0.25) is 9.48 Å². The van der Waals surface area contributed by atoms with Crippen LogP contribution in [0.15, 0.2) is 24.3 Å². The van der Waals surface area contributed by atoms with Gasteiger partial charge in [0, 0.05) is 25.0 Å². The van der Waals surface area contributed by atoms with Gasteiger partial charge in [0.05, 0.1) is 5.69 Å². The van der Waals surface area contributed by atoms with Crippen LogP contribution in [0.3, 0.4) is 0 Å². The van der Waals surface area contributed by atoms with Crippen LogP contribution in [-0.4, -0.2) is 22.2 Å². The second-order valence-corrected chi connectivity index (χ2v) is 5.00. The molecule has 0 aliphatic carbocycles. The molecule has 1 aliphatic rings. The molecule has 0 saturated heterocycles. The molecule has 5 heteroatoms. The lowest BCUT2D eigenvalue weighted by atomic mass is 10.1. The summed E-state index contributed by atoms with van der Waals surface area (Å²) in [6, 6.07) is 7.80. The van der Waals surface area contributed by atoms with E-state index in [0.29, 0.717) is 5.69 Å². The Hall–Kier alpha value is -2.30. The van der Waals surface area contributed by atoms with Crippen LogP contribution in [0.4, 0.5) is 11.4 Å². The monoisotopic (exact) mass is 270 g/mol. The molecular formula is C15H18N4O. The van der Waals surface area contributed by atoms with E-state index in [2.05, 4.69) is 15.7 Å². The molecule has 5 nitrogen and oxygen atoms in total. The van der Waals surface area contributed by atoms with Crippen molar-refractivity contribution in [1.82, 2.24) is 9.78 Å². The van der Waals surface area contributed by atoms with Crippen molar-refractivity contribution in [2.75, 3.05) is 17.2 Å². The van der Waals surface area contributed by atoms with Crippen molar-refractivity contribution in [1.29, 1.82) is 0 Å². The third kappa shape index (κ3) is 2.27. The zero-order valence-corrected chi connectivity index (χ0v) is 11.7. The first-order valence-electron chi connectivity index (χ1n) is 6.88. The minimum atomic E-state index is -0.120. The summed E-state index contributed by atoms with van der Waals surface area (Å²) >= 11 is 0. The van der Waals surface area contributed by atoms with Crippen molar-refractivity contribution in [2.45, 2.75) is 19.8 Å². The van der Waals surface area contributed by atoms with E-state index in [1.54, 1.807) is 11.7 Å². The highest BCUT2D eigenvalue weighted by molar-refractivity contribution is 6.03. The Labute approximate surface area is 118 Å². The first kappa shape index (κ1) is 12.7. The molecule has 3 rings (SSSR count). The van der Waals surface area contributed by atoms with Crippen LogP contribution in [0.25, 0.3) is 0 Å². The summed E-state index contributed by atoms with van der Waals surface area (Å²) in [4.78, 5) is 12.3. The van der Waals surface area contributed by atoms with Crippen molar-refractivity contribution in [3.8, 4) is 0 Å². The standard InChI is InChI=1S/C15H18N4O/c1-3-11-9-14(19(2)18-11)15(20)17-12-4-5-13-10(8-12)6-7-16-13/h4-5,8-9,16H,3,6-7H2,1-2H3,(H,17,20). The van der Waals surface area contributed by atoms with Gasteiger partial charge in [-0.1, -0.05) is 6.92 Å². The highest BCUT2D eigenvalue weighted by atomic mass is 16.2. The van der Waals surface area contributed by atoms with E-state index < -0.39 is 0 Å². The highest BCUT2D eigenvalue weighted by Crippen LogP contribution is 2.25. The van der Waals surface area contributed by atoms with Gasteiger partial charge in [0.2, 0.25) is 0 Å². The van der Waals surface area contributed by atoms with Crippen LogP contribution >= 0.6 is 0 Å². The lowest BCUT2D eigenvalue weighted by molar-refractivity contribution is 0.101. The molecule has 0 atom stereocenters. The minimum Gasteiger partial charge on any atom is -0.384 e. The Morgan fingerprint density at radius 1 is 1.45 bits per heavy atom. The molecule has 0 spiro atoms. The summed E-state index contributed by atoms with van der Waals surface area (Å²) < 4.78 is 1.63. The van der Waals surface area contributed by atoms with Crippen LogP contribution < -0.4 is 10.6 Å². The van der Waals surface area contributed by atoms with Crippen molar-refractivity contribution >= 4 is 17.3 Å². The predicted octanol–water partition coefficient (Wildman–Crippen LogP) is 2.20. The molecule has 2 N–H and O–H groups in total. The molecule has 1 aromatic carbocycles. The fraction of sp³-hybridized carbons (Fsp3) is 0.333. The van der Waals surface area contributed by atoms with E-state index >= 15 is 0 Å². The summed E-state index contributed by atoms with van der Waals surface area (Å²) in [7, 11) is 1.79. The Bertz CT molecular complexity index is 660. The van der Waals surface area contributed by atoms with Gasteiger partial charge >= 0.3 is 0 Å². The fourth-order valence-corrected chi connectivity index (χ4v) is 2.49. The molecule has 1 amide bonds. The smallest absolute Gasteiger partial charge is 0.273 e. The van der Waals surface area contributed by atoms with Crippen LogP contribution in [0.5, 0.6) is 0 Å². The molecule has 1 aliphatic heterocycles. The first-order valence-corrected chi connectivity index (χ1v) is 6.88. The number of benzene rings is 1. The lowest BCUT2D eigenvalue weighted by Gasteiger charge is -2.07. The van der Waals surface area contributed by atoms with Gasteiger partial charge in [-0.05, 0) is 42.7 Å². The molecule has 0 unspecified atom stereocenters. The summed E-state index contributed by atoms with van der Waals surface area (Å²) in [5.74, 6) is -0.120. The predicted molar refractivity (Wildman–Crippen MR) is 79.2 cm³/mol. The maximum Gasteiger partial charge on any atom is 0.273 e. The zero-order chi connectivity index (χ0) is 14.1. The van der Waals surface area contributed by atoms with E-state index in [0.717, 1.165) is 36.5 Å². The number of hydrogen-bond acceptors (Lipinski definition) is 3. The number of anilines is 2. The van der Waals surface area contributed by atoms with Crippen molar-refractivity contribution in [3.05, 3.63) is 41.2 Å². The number of fused-ring (bicyclic) bond motifs is 1. The Balaban J connectivity index is 1.80. The van der Waals surface area contributed by atoms with Gasteiger partial charge in [0.1, 0.15) is 5.69 Å². The van der Waals surface area contributed by atoms with Crippen molar-refractivity contribution in [3.63, 3.8) is 0 Å². The van der Waals surface area contributed by atoms with Crippen LogP contribution in [-0.2, 0) is 19.9 Å². The van der Waals surface area contributed by atoms with Gasteiger partial charge in [0.15, 0.2) is 0 Å². The van der Waals surface area contributed by atoms with Crippen LogP contribution in [0.2, 0.25) is 0 Å². The number of aromatic nitrogens is 2. The third-order valence-corrected chi connectivity index (χ3v) is 3.60. The first-order chi connectivity index (χ1) is 9.67. The molecule has 2 aromatic rings. The fourth-order valence-electron chi connectivity index (χ4n) is 2.49. The number of carbonyl (C=O) groups is 1. The average Bonchev–Trinajstić information content (AvgIpc) is 3.04. The Kier molecular flexibility index (Phi) is 3.18. The number of aryl methyl sites for hydroxylation is 2.